The zero-order valence-electron chi connectivity index (χ0n) is 19.6. The maximum absolute atomic E-state index is 13.4. The van der Waals surface area contributed by atoms with E-state index in [1.807, 2.05) is 20.9 Å². The van der Waals surface area contributed by atoms with Crippen LogP contribution in [0.25, 0.3) is 0 Å². The minimum atomic E-state index is -0.347. The number of aliphatic hydroxyl groups is 1. The van der Waals surface area contributed by atoms with Gasteiger partial charge < -0.3 is 19.6 Å². The highest BCUT2D eigenvalue weighted by Crippen LogP contribution is 2.30. The van der Waals surface area contributed by atoms with Crippen LogP contribution in [-0.2, 0) is 4.79 Å². The van der Waals surface area contributed by atoms with E-state index in [0.29, 0.717) is 24.2 Å². The average Bonchev–Trinajstić information content (AvgIpc) is 2.74. The first-order valence-electron chi connectivity index (χ1n) is 11.7. The molecule has 1 N–H and O–H groups in total. The van der Waals surface area contributed by atoms with Gasteiger partial charge in [-0.25, -0.2) is 4.98 Å². The van der Waals surface area contributed by atoms with Crippen LogP contribution in [0.1, 0.15) is 68.8 Å². The van der Waals surface area contributed by atoms with E-state index in [-0.39, 0.29) is 48.3 Å². The third-order valence-corrected chi connectivity index (χ3v) is 6.41. The molecule has 2 amide bonds. The molecule has 2 heterocycles. The van der Waals surface area contributed by atoms with Crippen molar-refractivity contribution in [1.29, 1.82) is 0 Å². The van der Waals surface area contributed by atoms with E-state index >= 15 is 0 Å². The summed E-state index contributed by atoms with van der Waals surface area (Å²) in [7, 11) is 1.82. The number of carbonyl (C=O) groups excluding carboxylic acids is 2. The number of likely N-dealkylation sites (N-methyl/N-ethyl adjacent to an activating group) is 1. The van der Waals surface area contributed by atoms with Crippen LogP contribution in [-0.4, -0.2) is 70.6 Å². The van der Waals surface area contributed by atoms with Gasteiger partial charge in [0.2, 0.25) is 11.8 Å². The maximum atomic E-state index is 13.4. The molecule has 7 nitrogen and oxygen atoms in total. The molecule has 1 fully saturated rings. The zero-order chi connectivity index (χ0) is 23.3. The zero-order valence-corrected chi connectivity index (χ0v) is 19.6. The summed E-state index contributed by atoms with van der Waals surface area (Å²) in [5.41, 5.74) is 1.01. The minimum absolute atomic E-state index is 0.0523. The van der Waals surface area contributed by atoms with Crippen LogP contribution < -0.4 is 4.74 Å². The Kier molecular flexibility index (Phi) is 8.14. The Morgan fingerprint density at radius 1 is 1.44 bits per heavy atom. The summed E-state index contributed by atoms with van der Waals surface area (Å²) in [5.74, 6) is 6.39. The van der Waals surface area contributed by atoms with E-state index in [4.69, 9.17) is 4.74 Å². The number of pyridine rings is 1. The van der Waals surface area contributed by atoms with Gasteiger partial charge >= 0.3 is 0 Å². The quantitative estimate of drug-likeness (QED) is 0.687. The van der Waals surface area contributed by atoms with Gasteiger partial charge in [-0.05, 0) is 32.3 Å². The summed E-state index contributed by atoms with van der Waals surface area (Å²) in [6.45, 7) is 6.60. The number of nitrogens with zero attached hydrogens (tertiary/aromatic N) is 3. The first kappa shape index (κ1) is 24.1. The van der Waals surface area contributed by atoms with E-state index < -0.39 is 0 Å². The summed E-state index contributed by atoms with van der Waals surface area (Å²) in [6, 6.07) is 1.38. The molecule has 7 heteroatoms. The van der Waals surface area contributed by atoms with Crippen LogP contribution in [0.3, 0.4) is 0 Å². The van der Waals surface area contributed by atoms with E-state index in [2.05, 4.69) is 23.7 Å². The van der Waals surface area contributed by atoms with Crippen LogP contribution in [0, 0.1) is 23.7 Å². The first-order valence-corrected chi connectivity index (χ1v) is 11.7. The number of aromatic nitrogens is 1. The molecule has 1 aromatic heterocycles. The molecule has 32 heavy (non-hydrogen) atoms. The van der Waals surface area contributed by atoms with Crippen molar-refractivity contribution in [1.82, 2.24) is 14.8 Å². The van der Waals surface area contributed by atoms with Crippen LogP contribution in [0.5, 0.6) is 5.88 Å². The second-order valence-corrected chi connectivity index (χ2v) is 9.10. The van der Waals surface area contributed by atoms with E-state index in [1.165, 1.54) is 0 Å². The predicted molar refractivity (Wildman–Crippen MR) is 122 cm³/mol. The van der Waals surface area contributed by atoms with Crippen molar-refractivity contribution in [2.24, 2.45) is 11.8 Å². The molecule has 2 aliphatic rings. The second kappa shape index (κ2) is 10.8. The minimum Gasteiger partial charge on any atom is -0.472 e. The number of unbranched alkanes of at least 4 members (excludes halogenated alkanes) is 1. The lowest BCUT2D eigenvalue weighted by atomic mass is 9.84. The van der Waals surface area contributed by atoms with Crippen molar-refractivity contribution in [2.75, 3.05) is 26.7 Å². The van der Waals surface area contributed by atoms with Gasteiger partial charge in [-0.15, -0.1) is 0 Å². The monoisotopic (exact) mass is 441 g/mol. The number of ether oxygens (including phenoxy) is 1. The molecule has 3 atom stereocenters. The largest absolute Gasteiger partial charge is 0.472 e. The number of amides is 2. The lowest BCUT2D eigenvalue weighted by Gasteiger charge is -2.38. The highest BCUT2D eigenvalue weighted by atomic mass is 16.5. The van der Waals surface area contributed by atoms with Gasteiger partial charge in [0.15, 0.2) is 0 Å². The first-order chi connectivity index (χ1) is 15.3. The predicted octanol–water partition coefficient (Wildman–Crippen LogP) is 2.71. The van der Waals surface area contributed by atoms with Crippen molar-refractivity contribution in [2.45, 2.75) is 65.0 Å². The summed E-state index contributed by atoms with van der Waals surface area (Å²) < 4.78 is 6.25. The molecule has 1 aliphatic carbocycles. The standard InChI is InChI=1S/C25H35N3O4/c1-5-6-7-9-19-12-21-23(26-13-19)32-22(15-27(4)24(30)20-10-8-11-20)17(2)14-28(25(21)31)18(3)16-29/h12-13,17-18,20,22,29H,5-6,8,10-11,14-16H2,1-4H3/t17-,18+,22+/m1/s1. The highest BCUT2D eigenvalue weighted by molar-refractivity contribution is 5.97. The van der Waals surface area contributed by atoms with Gasteiger partial charge in [0, 0.05) is 43.6 Å². The van der Waals surface area contributed by atoms with E-state index in [9.17, 15) is 14.7 Å². The molecule has 0 spiro atoms. The number of hydrogen-bond acceptors (Lipinski definition) is 5. The lowest BCUT2D eigenvalue weighted by molar-refractivity contribution is -0.138. The molecule has 0 radical (unpaired) electrons. The molecule has 0 saturated heterocycles. The third-order valence-electron chi connectivity index (χ3n) is 6.41. The smallest absolute Gasteiger partial charge is 0.259 e. The lowest BCUT2D eigenvalue weighted by Crippen LogP contribution is -2.51. The fraction of sp³-hybridized carbons (Fsp3) is 0.640. The van der Waals surface area contributed by atoms with Gasteiger partial charge in [-0.3, -0.25) is 9.59 Å². The van der Waals surface area contributed by atoms with Crippen LogP contribution in [0.2, 0.25) is 0 Å². The van der Waals surface area contributed by atoms with Crippen molar-refractivity contribution in [3.63, 3.8) is 0 Å². The second-order valence-electron chi connectivity index (χ2n) is 9.10. The fourth-order valence-electron chi connectivity index (χ4n) is 4.00. The molecule has 0 aromatic carbocycles. The topological polar surface area (TPSA) is 83.0 Å². The Bertz CT molecular complexity index is 887. The van der Waals surface area contributed by atoms with Crippen molar-refractivity contribution < 1.29 is 19.4 Å². The van der Waals surface area contributed by atoms with Crippen molar-refractivity contribution >= 4 is 11.8 Å². The molecular formula is C25H35N3O4. The third kappa shape index (κ3) is 5.42. The fourth-order valence-corrected chi connectivity index (χ4v) is 4.00. The van der Waals surface area contributed by atoms with Crippen molar-refractivity contribution in [3.05, 3.63) is 23.4 Å². The average molecular weight is 442 g/mol. The summed E-state index contributed by atoms with van der Waals surface area (Å²) >= 11 is 0. The SMILES string of the molecule is CCCC#Cc1cnc2c(c1)C(=O)N([C@@H](C)CO)C[C@@H](C)[C@H](CN(C)C(=O)C1CCC1)O2. The number of fused-ring (bicyclic) bond motifs is 1. The normalized spacial score (nSPS) is 21.8. The number of aliphatic hydroxyl groups excluding tert-OH is 1. The van der Waals surface area contributed by atoms with E-state index in [1.54, 1.807) is 22.1 Å². The molecule has 1 saturated carbocycles. The number of carbonyl (C=O) groups is 2. The molecule has 174 valence electrons. The summed E-state index contributed by atoms with van der Waals surface area (Å²) in [6.07, 6.45) is 6.05. The molecule has 0 unspecified atom stereocenters. The summed E-state index contributed by atoms with van der Waals surface area (Å²) in [4.78, 5) is 33.9. The maximum Gasteiger partial charge on any atom is 0.259 e. The molecule has 3 rings (SSSR count). The Balaban J connectivity index is 1.91. The van der Waals surface area contributed by atoms with Gasteiger partial charge in [0.1, 0.15) is 11.7 Å². The van der Waals surface area contributed by atoms with Crippen molar-refractivity contribution in [3.8, 4) is 17.7 Å². The number of rotatable bonds is 6. The Morgan fingerprint density at radius 2 is 2.19 bits per heavy atom. The Hall–Kier alpha value is -2.59. The van der Waals surface area contributed by atoms with Gasteiger partial charge in [0.25, 0.3) is 5.91 Å². The van der Waals surface area contributed by atoms with E-state index in [0.717, 1.165) is 32.1 Å². The van der Waals surface area contributed by atoms with Gasteiger partial charge in [-0.2, -0.15) is 0 Å². The van der Waals surface area contributed by atoms with Crippen LogP contribution >= 0.6 is 0 Å². The summed E-state index contributed by atoms with van der Waals surface area (Å²) in [5, 5.41) is 9.76. The van der Waals surface area contributed by atoms with Crippen LogP contribution in [0.4, 0.5) is 0 Å². The van der Waals surface area contributed by atoms with Gasteiger partial charge in [-0.1, -0.05) is 32.1 Å². The molecule has 1 aromatic rings. The molecule has 1 aliphatic heterocycles. The van der Waals surface area contributed by atoms with Crippen LogP contribution in [0.15, 0.2) is 12.3 Å². The van der Waals surface area contributed by atoms with Gasteiger partial charge in [0.05, 0.1) is 19.2 Å². The number of hydrogen-bond donors (Lipinski definition) is 1. The Morgan fingerprint density at radius 3 is 2.81 bits per heavy atom. The molecule has 0 bridgehead atoms. The molecular weight excluding hydrogens is 406 g/mol. The Labute approximate surface area is 191 Å². The highest BCUT2D eigenvalue weighted by Gasteiger charge is 2.36.